The molecule has 4 rings (SSSR count). The molecule has 0 aromatic heterocycles. The number of thioether (sulfide) groups is 1. The molecule has 1 fully saturated rings. The molecule has 1 heterocycles. The Hall–Kier alpha value is -3.78. The summed E-state index contributed by atoms with van der Waals surface area (Å²) in [4.78, 5) is 32.6. The zero-order valence-electron chi connectivity index (χ0n) is 19.6. The number of amides is 2. The van der Waals surface area contributed by atoms with Crippen LogP contribution in [0.2, 0.25) is 0 Å². The third-order valence-corrected chi connectivity index (χ3v) is 6.53. The fourth-order valence-corrected chi connectivity index (χ4v) is 4.65. The van der Waals surface area contributed by atoms with Gasteiger partial charge in [-0.05, 0) is 61.0 Å². The Labute approximate surface area is 209 Å². The van der Waals surface area contributed by atoms with Crippen molar-refractivity contribution in [3.05, 3.63) is 84.4 Å². The minimum Gasteiger partial charge on any atom is -0.497 e. The van der Waals surface area contributed by atoms with E-state index in [1.165, 1.54) is 11.8 Å². The largest absolute Gasteiger partial charge is 0.497 e. The highest BCUT2D eigenvalue weighted by atomic mass is 32.2. The second kappa shape index (κ2) is 11.6. The quantitative estimate of drug-likeness (QED) is 0.467. The smallest absolute Gasteiger partial charge is 0.238 e. The molecule has 180 valence electrons. The van der Waals surface area contributed by atoms with Gasteiger partial charge in [0.1, 0.15) is 16.7 Å². The molecule has 1 N–H and O–H groups in total. The lowest BCUT2D eigenvalue weighted by Crippen LogP contribution is -2.44. The third kappa shape index (κ3) is 6.42. The summed E-state index contributed by atoms with van der Waals surface area (Å²) in [6, 6.07) is 24.2. The van der Waals surface area contributed by atoms with Crippen LogP contribution in [0.15, 0.2) is 83.9 Å². The summed E-state index contributed by atoms with van der Waals surface area (Å²) in [6.07, 6.45) is 0.0853. The molecule has 2 amide bonds. The number of carbonyl (C=O) groups excluding carboxylic acids is 2. The van der Waals surface area contributed by atoms with E-state index in [9.17, 15) is 9.59 Å². The number of aliphatic imine (C=N–C) groups is 1. The van der Waals surface area contributed by atoms with Gasteiger partial charge in [0.2, 0.25) is 11.8 Å². The molecule has 0 radical (unpaired) electrons. The molecule has 7 nitrogen and oxygen atoms in total. The van der Waals surface area contributed by atoms with Crippen molar-refractivity contribution in [3.8, 4) is 11.5 Å². The maximum atomic E-state index is 13.2. The highest BCUT2D eigenvalue weighted by molar-refractivity contribution is 8.15. The predicted molar refractivity (Wildman–Crippen MR) is 139 cm³/mol. The summed E-state index contributed by atoms with van der Waals surface area (Å²) >= 11 is 1.29. The molecule has 0 saturated carbocycles. The first-order valence-electron chi connectivity index (χ1n) is 11.3. The molecule has 35 heavy (non-hydrogen) atoms. The standard InChI is InChI=1S/C27H27N3O4S/c1-3-34-23-15-11-20(12-16-23)28-26(32)24-17-25(31)30(18-19-7-5-4-6-8-19)27(35-24)29-21-9-13-22(33-2)14-10-21/h4-16,24H,3,17-18H2,1-2H3,(H,28,32). The van der Waals surface area contributed by atoms with Gasteiger partial charge in [-0.1, -0.05) is 42.1 Å². The normalized spacial score (nSPS) is 16.7. The van der Waals surface area contributed by atoms with Crippen molar-refractivity contribution in [2.75, 3.05) is 19.0 Å². The summed E-state index contributed by atoms with van der Waals surface area (Å²) in [6.45, 7) is 2.87. The van der Waals surface area contributed by atoms with Gasteiger partial charge in [0.05, 0.1) is 25.9 Å². The Bertz CT molecular complexity index is 1180. The minimum atomic E-state index is -0.599. The van der Waals surface area contributed by atoms with Crippen LogP contribution in [0.25, 0.3) is 0 Å². The lowest BCUT2D eigenvalue weighted by atomic mass is 10.2. The van der Waals surface area contributed by atoms with Crippen molar-refractivity contribution in [1.29, 1.82) is 0 Å². The van der Waals surface area contributed by atoms with Crippen LogP contribution in [0.4, 0.5) is 11.4 Å². The molecule has 0 bridgehead atoms. The van der Waals surface area contributed by atoms with Crippen molar-refractivity contribution in [3.63, 3.8) is 0 Å². The Morgan fingerprint density at radius 3 is 2.37 bits per heavy atom. The van der Waals surface area contributed by atoms with Crippen LogP contribution in [0.1, 0.15) is 18.9 Å². The fraction of sp³-hybridized carbons (Fsp3) is 0.222. The monoisotopic (exact) mass is 489 g/mol. The van der Waals surface area contributed by atoms with Crippen LogP contribution in [0.3, 0.4) is 0 Å². The molecule has 1 saturated heterocycles. The highest BCUT2D eigenvalue weighted by Gasteiger charge is 2.36. The molecular weight excluding hydrogens is 462 g/mol. The number of nitrogens with one attached hydrogen (secondary N) is 1. The van der Waals surface area contributed by atoms with Gasteiger partial charge < -0.3 is 14.8 Å². The molecular formula is C27H27N3O4S. The van der Waals surface area contributed by atoms with E-state index in [1.54, 1.807) is 36.3 Å². The van der Waals surface area contributed by atoms with E-state index in [2.05, 4.69) is 5.32 Å². The van der Waals surface area contributed by atoms with Gasteiger partial charge in [-0.3, -0.25) is 14.5 Å². The number of ether oxygens (including phenoxy) is 2. The maximum Gasteiger partial charge on any atom is 0.238 e. The highest BCUT2D eigenvalue weighted by Crippen LogP contribution is 2.31. The molecule has 1 aliphatic rings. The molecule has 0 aliphatic carbocycles. The molecule has 8 heteroatoms. The average Bonchev–Trinajstić information content (AvgIpc) is 2.88. The second-order valence-corrected chi connectivity index (χ2v) is 8.99. The molecule has 3 aromatic rings. The van der Waals surface area contributed by atoms with Gasteiger partial charge in [-0.2, -0.15) is 0 Å². The lowest BCUT2D eigenvalue weighted by Gasteiger charge is -2.32. The Balaban J connectivity index is 1.55. The van der Waals surface area contributed by atoms with Gasteiger partial charge in [-0.15, -0.1) is 0 Å². The topological polar surface area (TPSA) is 80.2 Å². The number of nitrogens with zero attached hydrogens (tertiary/aromatic N) is 2. The van der Waals surface area contributed by atoms with Gasteiger partial charge in [0.15, 0.2) is 5.17 Å². The number of benzene rings is 3. The lowest BCUT2D eigenvalue weighted by molar-refractivity contribution is -0.129. The van der Waals surface area contributed by atoms with Crippen molar-refractivity contribution >= 4 is 40.1 Å². The number of carbonyl (C=O) groups is 2. The van der Waals surface area contributed by atoms with Crippen LogP contribution in [-0.4, -0.2) is 40.8 Å². The molecule has 0 spiro atoms. The number of hydrogen-bond acceptors (Lipinski definition) is 6. The summed E-state index contributed by atoms with van der Waals surface area (Å²) in [5, 5.41) is 2.80. The molecule has 1 unspecified atom stereocenters. The first kappa shape index (κ1) is 24.3. The van der Waals surface area contributed by atoms with Crippen LogP contribution < -0.4 is 14.8 Å². The SMILES string of the molecule is CCOc1ccc(NC(=O)C2CC(=O)N(Cc3ccccc3)C(=Nc3ccc(OC)cc3)S2)cc1. The molecule has 3 aromatic carbocycles. The van der Waals surface area contributed by atoms with Crippen LogP contribution in [0.5, 0.6) is 11.5 Å². The number of amidine groups is 1. The number of hydrogen-bond donors (Lipinski definition) is 1. The summed E-state index contributed by atoms with van der Waals surface area (Å²) in [7, 11) is 1.60. The van der Waals surface area contributed by atoms with Crippen LogP contribution in [-0.2, 0) is 16.1 Å². The van der Waals surface area contributed by atoms with Gasteiger partial charge >= 0.3 is 0 Å². The van der Waals surface area contributed by atoms with Gasteiger partial charge in [-0.25, -0.2) is 4.99 Å². The van der Waals surface area contributed by atoms with E-state index in [4.69, 9.17) is 14.5 Å². The second-order valence-electron chi connectivity index (χ2n) is 7.82. The Kier molecular flexibility index (Phi) is 8.05. The number of rotatable bonds is 8. The molecule has 1 atom stereocenters. The average molecular weight is 490 g/mol. The van der Waals surface area contributed by atoms with E-state index in [-0.39, 0.29) is 18.2 Å². The zero-order chi connectivity index (χ0) is 24.6. The summed E-state index contributed by atoms with van der Waals surface area (Å²) in [5.41, 5.74) is 2.31. The minimum absolute atomic E-state index is 0.0853. The summed E-state index contributed by atoms with van der Waals surface area (Å²) in [5.74, 6) is 1.06. The predicted octanol–water partition coefficient (Wildman–Crippen LogP) is 5.25. The maximum absolute atomic E-state index is 13.2. The van der Waals surface area contributed by atoms with Crippen molar-refractivity contribution in [2.45, 2.75) is 25.1 Å². The number of anilines is 1. The van der Waals surface area contributed by atoms with Crippen LogP contribution in [0, 0.1) is 0 Å². The Morgan fingerprint density at radius 1 is 1.03 bits per heavy atom. The van der Waals surface area contributed by atoms with Crippen molar-refractivity contribution < 1.29 is 19.1 Å². The first-order valence-corrected chi connectivity index (χ1v) is 12.2. The van der Waals surface area contributed by atoms with E-state index in [0.717, 1.165) is 17.1 Å². The van der Waals surface area contributed by atoms with Gasteiger partial charge in [0.25, 0.3) is 0 Å². The fourth-order valence-electron chi connectivity index (χ4n) is 3.55. The molecule has 1 aliphatic heterocycles. The van der Waals surface area contributed by atoms with Crippen molar-refractivity contribution in [1.82, 2.24) is 4.90 Å². The van der Waals surface area contributed by atoms with Crippen molar-refractivity contribution in [2.24, 2.45) is 4.99 Å². The van der Waals surface area contributed by atoms with Gasteiger partial charge in [0, 0.05) is 12.1 Å². The third-order valence-electron chi connectivity index (χ3n) is 5.35. The number of methoxy groups -OCH3 is 1. The first-order chi connectivity index (χ1) is 17.1. The van der Waals surface area contributed by atoms with E-state index < -0.39 is 5.25 Å². The Morgan fingerprint density at radius 2 is 1.71 bits per heavy atom. The van der Waals surface area contributed by atoms with E-state index in [1.807, 2.05) is 61.5 Å². The zero-order valence-corrected chi connectivity index (χ0v) is 20.5. The van der Waals surface area contributed by atoms with E-state index >= 15 is 0 Å². The summed E-state index contributed by atoms with van der Waals surface area (Å²) < 4.78 is 10.7. The van der Waals surface area contributed by atoms with Crippen LogP contribution >= 0.6 is 11.8 Å². The van der Waals surface area contributed by atoms with E-state index in [0.29, 0.717) is 29.7 Å².